The van der Waals surface area contributed by atoms with Crippen molar-refractivity contribution >= 4 is 29.6 Å². The van der Waals surface area contributed by atoms with Crippen LogP contribution in [0.1, 0.15) is 50.3 Å². The first kappa shape index (κ1) is 35.9. The predicted octanol–water partition coefficient (Wildman–Crippen LogP) is 5.57. The maximum atomic E-state index is 12.8. The van der Waals surface area contributed by atoms with E-state index in [-0.39, 0.29) is 17.9 Å². The Morgan fingerprint density at radius 2 is 1.77 bits per heavy atom. The standard InChI is InChI=1S/C28H37N5O3S.C7H8/c1-6-9-23(7-2)17-33(20-34)15-14-29-21(3)12-13-30-27(35)24-10-8-11-25(16-24)28(36)32(5)18-26-19-37-22(4)31-26;1-7-5-3-2-4-6-7/h6-11,16,19-21,29H,1-2,12-15,17-18H2,3-5H3,(H,30,35);2-6H,1H3/b23-9+;. The highest BCUT2D eigenvalue weighted by atomic mass is 32.1. The number of hydrogen-bond acceptors (Lipinski definition) is 6. The lowest BCUT2D eigenvalue weighted by molar-refractivity contribution is -0.117. The smallest absolute Gasteiger partial charge is 0.253 e. The van der Waals surface area contributed by atoms with Crippen molar-refractivity contribution < 1.29 is 14.4 Å². The third kappa shape index (κ3) is 13.3. The van der Waals surface area contributed by atoms with Gasteiger partial charge in [0.25, 0.3) is 11.8 Å². The molecule has 0 saturated heterocycles. The van der Waals surface area contributed by atoms with E-state index in [1.165, 1.54) is 5.56 Å². The number of hydrogen-bond donors (Lipinski definition) is 2. The monoisotopic (exact) mass is 615 g/mol. The van der Waals surface area contributed by atoms with E-state index in [0.717, 1.165) is 29.1 Å². The van der Waals surface area contributed by atoms with Crippen LogP contribution in [0.25, 0.3) is 0 Å². The number of nitrogens with one attached hydrogen (secondary N) is 2. The van der Waals surface area contributed by atoms with Crippen molar-refractivity contribution in [2.45, 2.75) is 39.8 Å². The minimum Gasteiger partial charge on any atom is -0.352 e. The van der Waals surface area contributed by atoms with E-state index >= 15 is 0 Å². The number of carbonyl (C=O) groups is 3. The maximum absolute atomic E-state index is 12.8. The fraction of sp³-hybridized carbons (Fsp3) is 0.314. The molecule has 3 aromatic rings. The van der Waals surface area contributed by atoms with Crippen LogP contribution in [0.3, 0.4) is 0 Å². The molecular formula is C35H45N5O3S. The lowest BCUT2D eigenvalue weighted by atomic mass is 10.1. The fourth-order valence-electron chi connectivity index (χ4n) is 4.14. The first-order valence-electron chi connectivity index (χ1n) is 14.6. The molecule has 1 unspecified atom stereocenters. The maximum Gasteiger partial charge on any atom is 0.253 e. The van der Waals surface area contributed by atoms with Crippen LogP contribution in [0.4, 0.5) is 0 Å². The summed E-state index contributed by atoms with van der Waals surface area (Å²) in [7, 11) is 1.73. The normalized spacial score (nSPS) is 11.4. The summed E-state index contributed by atoms with van der Waals surface area (Å²) in [6.07, 6.45) is 6.75. The lowest BCUT2D eigenvalue weighted by Gasteiger charge is -2.20. The zero-order valence-corrected chi connectivity index (χ0v) is 27.1. The molecular weight excluding hydrogens is 570 g/mol. The van der Waals surface area contributed by atoms with E-state index in [0.29, 0.717) is 43.9 Å². The molecule has 0 aliphatic rings. The Balaban J connectivity index is 0.000000843. The van der Waals surface area contributed by atoms with Gasteiger partial charge in [-0.3, -0.25) is 14.4 Å². The van der Waals surface area contributed by atoms with Gasteiger partial charge in [0.15, 0.2) is 0 Å². The van der Waals surface area contributed by atoms with Crippen LogP contribution < -0.4 is 10.6 Å². The first-order chi connectivity index (χ1) is 21.2. The topological polar surface area (TPSA) is 94.6 Å². The third-order valence-electron chi connectivity index (χ3n) is 6.61. The number of nitrogens with zero attached hydrogens (tertiary/aromatic N) is 3. The molecule has 0 bridgehead atoms. The number of thiazole rings is 1. The molecule has 0 aliphatic heterocycles. The van der Waals surface area contributed by atoms with Gasteiger partial charge < -0.3 is 20.4 Å². The molecule has 1 atom stereocenters. The molecule has 1 aromatic heterocycles. The highest BCUT2D eigenvalue weighted by Crippen LogP contribution is 2.13. The predicted molar refractivity (Wildman–Crippen MR) is 181 cm³/mol. The van der Waals surface area contributed by atoms with Crippen molar-refractivity contribution in [3.63, 3.8) is 0 Å². The van der Waals surface area contributed by atoms with Crippen molar-refractivity contribution in [1.82, 2.24) is 25.4 Å². The average Bonchev–Trinajstić information content (AvgIpc) is 3.44. The van der Waals surface area contributed by atoms with Crippen molar-refractivity contribution in [3.8, 4) is 0 Å². The Bertz CT molecular complexity index is 1390. The van der Waals surface area contributed by atoms with Gasteiger partial charge in [-0.05, 0) is 51.0 Å². The Hall–Kier alpha value is -4.34. The van der Waals surface area contributed by atoms with Crippen LogP contribution in [0.5, 0.6) is 0 Å². The second-order valence-corrected chi connectivity index (χ2v) is 11.5. The van der Waals surface area contributed by atoms with Gasteiger partial charge in [0.2, 0.25) is 6.41 Å². The van der Waals surface area contributed by atoms with E-state index in [4.69, 9.17) is 0 Å². The van der Waals surface area contributed by atoms with E-state index in [1.54, 1.807) is 64.6 Å². The third-order valence-corrected chi connectivity index (χ3v) is 7.43. The number of aryl methyl sites for hydroxylation is 2. The molecule has 44 heavy (non-hydrogen) atoms. The van der Waals surface area contributed by atoms with Gasteiger partial charge in [0.1, 0.15) is 0 Å². The van der Waals surface area contributed by atoms with Gasteiger partial charge in [-0.25, -0.2) is 4.98 Å². The van der Waals surface area contributed by atoms with Gasteiger partial charge in [0.05, 0.1) is 17.2 Å². The summed E-state index contributed by atoms with van der Waals surface area (Å²) < 4.78 is 0. The van der Waals surface area contributed by atoms with Gasteiger partial charge in [-0.2, -0.15) is 0 Å². The number of aromatic nitrogens is 1. The molecule has 2 aromatic carbocycles. The minimum absolute atomic E-state index is 0.146. The van der Waals surface area contributed by atoms with Crippen LogP contribution in [0.2, 0.25) is 0 Å². The summed E-state index contributed by atoms with van der Waals surface area (Å²) in [6.45, 7) is 16.0. The summed E-state index contributed by atoms with van der Waals surface area (Å²) >= 11 is 1.55. The van der Waals surface area contributed by atoms with Crippen molar-refractivity contribution in [1.29, 1.82) is 0 Å². The van der Waals surface area contributed by atoms with Gasteiger partial charge >= 0.3 is 0 Å². The van der Waals surface area contributed by atoms with Crippen molar-refractivity contribution in [3.05, 3.63) is 124 Å². The van der Waals surface area contributed by atoms with Gasteiger partial charge in [-0.15, -0.1) is 11.3 Å². The summed E-state index contributed by atoms with van der Waals surface area (Å²) in [6, 6.07) is 17.2. The largest absolute Gasteiger partial charge is 0.352 e. The van der Waals surface area contributed by atoms with Crippen molar-refractivity contribution in [2.24, 2.45) is 0 Å². The van der Waals surface area contributed by atoms with E-state index in [9.17, 15) is 14.4 Å². The van der Waals surface area contributed by atoms with E-state index in [2.05, 4.69) is 47.8 Å². The molecule has 0 spiro atoms. The number of amides is 3. The highest BCUT2D eigenvalue weighted by molar-refractivity contribution is 7.09. The van der Waals surface area contributed by atoms with Gasteiger partial charge in [-0.1, -0.05) is 73.3 Å². The molecule has 1 heterocycles. The van der Waals surface area contributed by atoms with Crippen LogP contribution in [-0.4, -0.2) is 72.3 Å². The lowest BCUT2D eigenvalue weighted by Crippen LogP contribution is -2.38. The van der Waals surface area contributed by atoms with Crippen LogP contribution in [-0.2, 0) is 11.3 Å². The zero-order valence-electron chi connectivity index (χ0n) is 26.3. The average molecular weight is 616 g/mol. The SMILES string of the molecule is C=C/C=C(\C=C)CN(C=O)CCNC(C)CCNC(=O)c1cccc(C(=O)N(C)Cc2csc(C)n2)c1.Cc1ccccc1. The first-order valence-corrected chi connectivity index (χ1v) is 15.5. The van der Waals surface area contributed by atoms with E-state index < -0.39 is 0 Å². The molecule has 3 rings (SSSR count). The second kappa shape index (κ2) is 19.8. The quantitative estimate of drug-likeness (QED) is 0.162. The molecule has 234 valence electrons. The van der Waals surface area contributed by atoms with Crippen LogP contribution in [0.15, 0.2) is 96.9 Å². The molecule has 0 aliphatic carbocycles. The summed E-state index contributed by atoms with van der Waals surface area (Å²) in [5.41, 5.74) is 3.99. The Labute approximate surface area is 266 Å². The van der Waals surface area contributed by atoms with E-state index in [1.807, 2.05) is 43.5 Å². The summed E-state index contributed by atoms with van der Waals surface area (Å²) in [5, 5.41) is 9.19. The zero-order chi connectivity index (χ0) is 32.3. The molecule has 0 fully saturated rings. The molecule has 0 radical (unpaired) electrons. The Morgan fingerprint density at radius 1 is 1.05 bits per heavy atom. The number of carbonyl (C=O) groups excluding carboxylic acids is 3. The molecule has 2 N–H and O–H groups in total. The number of benzene rings is 2. The summed E-state index contributed by atoms with van der Waals surface area (Å²) in [4.78, 5) is 44.5. The number of allylic oxidation sites excluding steroid dienone is 2. The molecule has 0 saturated carbocycles. The fourth-order valence-corrected chi connectivity index (χ4v) is 4.75. The molecule has 3 amide bonds. The Morgan fingerprint density at radius 3 is 2.36 bits per heavy atom. The summed E-state index contributed by atoms with van der Waals surface area (Å²) in [5.74, 6) is -0.389. The van der Waals surface area contributed by atoms with Crippen LogP contribution in [0, 0.1) is 13.8 Å². The van der Waals surface area contributed by atoms with Crippen LogP contribution >= 0.6 is 11.3 Å². The minimum atomic E-state index is -0.224. The Kier molecular flexibility index (Phi) is 16.1. The molecule has 8 nitrogen and oxygen atoms in total. The number of rotatable bonds is 16. The van der Waals surface area contributed by atoms with Crippen molar-refractivity contribution in [2.75, 3.05) is 33.2 Å². The van der Waals surface area contributed by atoms with Gasteiger partial charge in [0, 0.05) is 55.8 Å². The highest BCUT2D eigenvalue weighted by Gasteiger charge is 2.16. The molecule has 9 heteroatoms. The second-order valence-electron chi connectivity index (χ2n) is 10.4.